The van der Waals surface area contributed by atoms with E-state index in [2.05, 4.69) is 15.9 Å². The topological polar surface area (TPSA) is 83.9 Å². The Morgan fingerprint density at radius 1 is 1.40 bits per heavy atom. The SMILES string of the molecule is Cc1c(Br)cc(C(=O)O)cc1S(=O)(=O)N1CCCCO1. The van der Waals surface area contributed by atoms with Crippen molar-refractivity contribution in [1.82, 2.24) is 4.47 Å². The highest BCUT2D eigenvalue weighted by molar-refractivity contribution is 9.10. The minimum Gasteiger partial charge on any atom is -0.478 e. The van der Waals surface area contributed by atoms with Crippen LogP contribution in [0.1, 0.15) is 28.8 Å². The lowest BCUT2D eigenvalue weighted by molar-refractivity contribution is -0.108. The van der Waals surface area contributed by atoms with Crippen molar-refractivity contribution in [3.05, 3.63) is 27.7 Å². The van der Waals surface area contributed by atoms with Crippen LogP contribution in [0.3, 0.4) is 0 Å². The van der Waals surface area contributed by atoms with Gasteiger partial charge < -0.3 is 5.11 Å². The van der Waals surface area contributed by atoms with Crippen LogP contribution in [0.4, 0.5) is 0 Å². The van der Waals surface area contributed by atoms with E-state index >= 15 is 0 Å². The predicted octanol–water partition coefficient (Wildman–Crippen LogP) is 2.17. The van der Waals surface area contributed by atoms with Crippen LogP contribution in [-0.4, -0.2) is 37.1 Å². The minimum atomic E-state index is -3.85. The number of hydrogen-bond donors (Lipinski definition) is 1. The molecule has 1 heterocycles. The molecular formula is C12H14BrNO5S. The first-order valence-corrected chi connectivity index (χ1v) is 8.26. The first-order chi connectivity index (χ1) is 9.34. The monoisotopic (exact) mass is 363 g/mol. The zero-order valence-electron chi connectivity index (χ0n) is 10.8. The molecular weight excluding hydrogens is 350 g/mol. The highest BCUT2D eigenvalue weighted by Crippen LogP contribution is 2.29. The van der Waals surface area contributed by atoms with Gasteiger partial charge in [-0.15, -0.1) is 0 Å². The second-order valence-electron chi connectivity index (χ2n) is 4.46. The second-order valence-corrected chi connectivity index (χ2v) is 7.11. The molecule has 1 aromatic carbocycles. The molecule has 1 aliphatic heterocycles. The molecule has 1 fully saturated rings. The number of halogens is 1. The van der Waals surface area contributed by atoms with Crippen molar-refractivity contribution >= 4 is 31.9 Å². The summed E-state index contributed by atoms with van der Waals surface area (Å²) < 4.78 is 26.4. The van der Waals surface area contributed by atoms with E-state index in [1.54, 1.807) is 6.92 Å². The smallest absolute Gasteiger partial charge is 0.335 e. The van der Waals surface area contributed by atoms with E-state index in [9.17, 15) is 13.2 Å². The van der Waals surface area contributed by atoms with Crippen molar-refractivity contribution in [2.24, 2.45) is 0 Å². The third-order valence-electron chi connectivity index (χ3n) is 3.06. The van der Waals surface area contributed by atoms with Crippen LogP contribution < -0.4 is 0 Å². The third kappa shape index (κ3) is 2.88. The highest BCUT2D eigenvalue weighted by atomic mass is 79.9. The molecule has 1 aliphatic rings. The van der Waals surface area contributed by atoms with Crippen molar-refractivity contribution in [3.63, 3.8) is 0 Å². The Labute approximate surface area is 125 Å². The number of rotatable bonds is 3. The average molecular weight is 364 g/mol. The maximum absolute atomic E-state index is 12.5. The number of benzene rings is 1. The van der Waals surface area contributed by atoms with Crippen LogP contribution in [0.25, 0.3) is 0 Å². The van der Waals surface area contributed by atoms with Crippen molar-refractivity contribution in [2.75, 3.05) is 13.2 Å². The second kappa shape index (κ2) is 5.80. The summed E-state index contributed by atoms with van der Waals surface area (Å²) in [5.41, 5.74) is 0.377. The van der Waals surface area contributed by atoms with Crippen molar-refractivity contribution < 1.29 is 23.2 Å². The summed E-state index contributed by atoms with van der Waals surface area (Å²) >= 11 is 3.19. The van der Waals surface area contributed by atoms with Crippen LogP contribution in [0.15, 0.2) is 21.5 Å². The number of carbonyl (C=O) groups is 1. The summed E-state index contributed by atoms with van der Waals surface area (Å²) in [6, 6.07) is 2.55. The van der Waals surface area contributed by atoms with Gasteiger partial charge in [0.05, 0.1) is 17.1 Å². The Morgan fingerprint density at radius 2 is 2.10 bits per heavy atom. The molecule has 0 aromatic heterocycles. The highest BCUT2D eigenvalue weighted by Gasteiger charge is 2.30. The Balaban J connectivity index is 2.52. The zero-order chi connectivity index (χ0) is 14.9. The average Bonchev–Trinajstić information content (AvgIpc) is 2.42. The molecule has 0 bridgehead atoms. The van der Waals surface area contributed by atoms with Crippen molar-refractivity contribution in [1.29, 1.82) is 0 Å². The molecule has 0 aliphatic carbocycles. The molecule has 0 amide bonds. The van der Waals surface area contributed by atoms with Crippen LogP contribution in [0, 0.1) is 6.92 Å². The Hall–Kier alpha value is -0.960. The molecule has 6 nitrogen and oxygen atoms in total. The standard InChI is InChI=1S/C12H14BrNO5S/c1-8-10(13)6-9(12(15)16)7-11(8)20(17,18)14-4-2-3-5-19-14/h6-7H,2-5H2,1H3,(H,15,16). The first kappa shape index (κ1) is 15.4. The Bertz CT molecular complexity index is 637. The van der Waals surface area contributed by atoms with Gasteiger partial charge in [0.1, 0.15) is 0 Å². The van der Waals surface area contributed by atoms with E-state index in [0.717, 1.165) is 23.4 Å². The number of sulfonamides is 1. The molecule has 0 unspecified atom stereocenters. The van der Waals surface area contributed by atoms with Gasteiger partial charge >= 0.3 is 5.97 Å². The number of hydrogen-bond acceptors (Lipinski definition) is 4. The van der Waals surface area contributed by atoms with Crippen LogP contribution in [0.2, 0.25) is 0 Å². The molecule has 0 atom stereocenters. The van der Waals surface area contributed by atoms with E-state index in [1.807, 2.05) is 0 Å². The molecule has 110 valence electrons. The first-order valence-electron chi connectivity index (χ1n) is 6.03. The Kier molecular flexibility index (Phi) is 4.48. The van der Waals surface area contributed by atoms with Gasteiger partial charge in [-0.05, 0) is 37.5 Å². The fraction of sp³-hybridized carbons (Fsp3) is 0.417. The third-order valence-corrected chi connectivity index (χ3v) is 5.69. The lowest BCUT2D eigenvalue weighted by atomic mass is 10.1. The van der Waals surface area contributed by atoms with Gasteiger partial charge in [-0.3, -0.25) is 4.84 Å². The fourth-order valence-corrected chi connectivity index (χ4v) is 4.08. The number of carboxylic acids is 1. The number of carboxylic acid groups (broad SMARTS) is 1. The minimum absolute atomic E-state index is 0.0498. The summed E-state index contributed by atoms with van der Waals surface area (Å²) in [7, 11) is -3.85. The number of nitrogens with zero attached hydrogens (tertiary/aromatic N) is 1. The summed E-state index contributed by atoms with van der Waals surface area (Å²) in [5, 5.41) is 9.04. The largest absolute Gasteiger partial charge is 0.478 e. The lowest BCUT2D eigenvalue weighted by Crippen LogP contribution is -2.36. The molecule has 0 saturated carbocycles. The maximum Gasteiger partial charge on any atom is 0.335 e. The van der Waals surface area contributed by atoms with Gasteiger partial charge in [-0.2, -0.15) is 0 Å². The normalized spacial score (nSPS) is 17.1. The zero-order valence-corrected chi connectivity index (χ0v) is 13.2. The predicted molar refractivity (Wildman–Crippen MR) is 74.9 cm³/mol. The van der Waals surface area contributed by atoms with Crippen molar-refractivity contribution in [3.8, 4) is 0 Å². The molecule has 1 saturated heterocycles. The maximum atomic E-state index is 12.5. The summed E-state index contributed by atoms with van der Waals surface area (Å²) in [6.45, 7) is 2.24. The fourth-order valence-electron chi connectivity index (χ4n) is 1.92. The van der Waals surface area contributed by atoms with E-state index in [1.165, 1.54) is 6.07 Å². The van der Waals surface area contributed by atoms with Gasteiger partial charge in [0.2, 0.25) is 0 Å². The van der Waals surface area contributed by atoms with Gasteiger partial charge in [-0.25, -0.2) is 13.2 Å². The molecule has 0 spiro atoms. The summed E-state index contributed by atoms with van der Waals surface area (Å²) in [5.74, 6) is -1.18. The number of hydroxylamine groups is 1. The lowest BCUT2D eigenvalue weighted by Gasteiger charge is -2.26. The summed E-state index contributed by atoms with van der Waals surface area (Å²) in [4.78, 5) is 16.2. The molecule has 2 rings (SSSR count). The van der Waals surface area contributed by atoms with Gasteiger partial charge in [0, 0.05) is 11.0 Å². The van der Waals surface area contributed by atoms with E-state index in [0.29, 0.717) is 16.6 Å². The molecule has 8 heteroatoms. The van der Waals surface area contributed by atoms with E-state index in [-0.39, 0.29) is 17.0 Å². The molecule has 1 aromatic rings. The quantitative estimate of drug-likeness (QED) is 0.889. The summed E-state index contributed by atoms with van der Waals surface area (Å²) in [6.07, 6.45) is 1.53. The molecule has 1 N–H and O–H groups in total. The number of aromatic carboxylic acids is 1. The van der Waals surface area contributed by atoms with Gasteiger partial charge in [0.15, 0.2) is 0 Å². The van der Waals surface area contributed by atoms with Crippen molar-refractivity contribution in [2.45, 2.75) is 24.7 Å². The van der Waals surface area contributed by atoms with Crippen LogP contribution in [-0.2, 0) is 14.9 Å². The van der Waals surface area contributed by atoms with E-state index < -0.39 is 16.0 Å². The molecule has 0 radical (unpaired) electrons. The Morgan fingerprint density at radius 3 is 2.65 bits per heavy atom. The van der Waals surface area contributed by atoms with Gasteiger partial charge in [-0.1, -0.05) is 20.4 Å². The van der Waals surface area contributed by atoms with E-state index in [4.69, 9.17) is 9.94 Å². The van der Waals surface area contributed by atoms with Crippen LogP contribution >= 0.6 is 15.9 Å². The van der Waals surface area contributed by atoms with Gasteiger partial charge in [0.25, 0.3) is 10.0 Å². The molecule has 20 heavy (non-hydrogen) atoms. The van der Waals surface area contributed by atoms with Crippen LogP contribution in [0.5, 0.6) is 0 Å².